The van der Waals surface area contributed by atoms with Crippen molar-refractivity contribution in [2.45, 2.75) is 51.4 Å². The molecule has 4 atom stereocenters. The van der Waals surface area contributed by atoms with Crippen molar-refractivity contribution in [3.8, 4) is 62.5 Å². The van der Waals surface area contributed by atoms with Crippen molar-refractivity contribution in [3.63, 3.8) is 0 Å². The fourth-order valence-corrected chi connectivity index (χ4v) is 8.90. The minimum Gasteiger partial charge on any atom is -0.208 e. The summed E-state index contributed by atoms with van der Waals surface area (Å²) >= 11 is 0. The molecule has 0 amide bonds. The molecular formula is C45H40N4. The maximum Gasteiger partial charge on any atom is 0.164 e. The van der Waals surface area contributed by atoms with E-state index in [0.717, 1.165) is 45.6 Å². The van der Waals surface area contributed by atoms with Crippen molar-refractivity contribution in [3.05, 3.63) is 139 Å². The number of benzene rings is 5. The Bertz CT molecular complexity index is 2110. The van der Waals surface area contributed by atoms with Gasteiger partial charge in [0.1, 0.15) is 0 Å². The van der Waals surface area contributed by atoms with Crippen molar-refractivity contribution < 1.29 is 0 Å². The van der Waals surface area contributed by atoms with Gasteiger partial charge in [0.25, 0.3) is 0 Å². The summed E-state index contributed by atoms with van der Waals surface area (Å²) in [6.45, 7) is 4.92. The molecule has 0 aliphatic heterocycles. The topological polar surface area (TPSA) is 62.5 Å². The van der Waals surface area contributed by atoms with E-state index in [1.54, 1.807) is 12.1 Å². The van der Waals surface area contributed by atoms with Crippen molar-refractivity contribution >= 4 is 0 Å². The summed E-state index contributed by atoms with van der Waals surface area (Å²) < 4.78 is 0. The molecule has 0 N–H and O–H groups in total. The molecule has 1 aromatic heterocycles. The first kappa shape index (κ1) is 30.9. The maximum atomic E-state index is 9.34. The van der Waals surface area contributed by atoms with Crippen LogP contribution in [0.25, 0.3) is 56.4 Å². The first-order valence-electron chi connectivity index (χ1n) is 17.6. The molecule has 4 nitrogen and oxygen atoms in total. The summed E-state index contributed by atoms with van der Waals surface area (Å²) in [5, 5.41) is 9.34. The first-order chi connectivity index (χ1) is 24.0. The zero-order valence-corrected chi connectivity index (χ0v) is 28.2. The van der Waals surface area contributed by atoms with E-state index in [1.807, 2.05) is 42.5 Å². The molecular weight excluding hydrogens is 597 g/mol. The predicted molar refractivity (Wildman–Crippen MR) is 198 cm³/mol. The van der Waals surface area contributed by atoms with Crippen LogP contribution in [0.4, 0.5) is 0 Å². The Labute approximate surface area is 289 Å². The monoisotopic (exact) mass is 636 g/mol. The quantitative estimate of drug-likeness (QED) is 0.182. The van der Waals surface area contributed by atoms with E-state index < -0.39 is 0 Å². The van der Waals surface area contributed by atoms with Crippen molar-refractivity contribution in [2.24, 2.45) is 17.8 Å². The van der Waals surface area contributed by atoms with Gasteiger partial charge in [0.15, 0.2) is 17.5 Å². The molecule has 1 unspecified atom stereocenters. The number of nitriles is 1. The highest BCUT2D eigenvalue weighted by Crippen LogP contribution is 2.54. The van der Waals surface area contributed by atoms with Crippen molar-refractivity contribution in [1.29, 1.82) is 5.26 Å². The summed E-state index contributed by atoms with van der Waals surface area (Å²) in [6, 6.07) is 46.3. The molecule has 4 heteroatoms. The molecule has 8 rings (SSSR count). The van der Waals surface area contributed by atoms with Crippen LogP contribution in [0.2, 0.25) is 0 Å². The Morgan fingerprint density at radius 1 is 0.531 bits per heavy atom. The number of hydrogen-bond donors (Lipinski definition) is 0. The van der Waals surface area contributed by atoms with Gasteiger partial charge < -0.3 is 0 Å². The lowest BCUT2D eigenvalue weighted by atomic mass is 9.54. The molecule has 5 aromatic carbocycles. The van der Waals surface area contributed by atoms with Crippen LogP contribution in [0.5, 0.6) is 0 Å². The Morgan fingerprint density at radius 2 is 1.02 bits per heavy atom. The van der Waals surface area contributed by atoms with Gasteiger partial charge in [-0.3, -0.25) is 0 Å². The molecule has 240 valence electrons. The zero-order valence-electron chi connectivity index (χ0n) is 28.2. The van der Waals surface area contributed by atoms with E-state index in [0.29, 0.717) is 28.5 Å². The van der Waals surface area contributed by atoms with E-state index in [-0.39, 0.29) is 0 Å². The Morgan fingerprint density at radius 3 is 1.61 bits per heavy atom. The maximum absolute atomic E-state index is 9.34. The van der Waals surface area contributed by atoms with Gasteiger partial charge in [-0.15, -0.1) is 0 Å². The van der Waals surface area contributed by atoms with Crippen molar-refractivity contribution in [1.82, 2.24) is 15.0 Å². The van der Waals surface area contributed by atoms with Gasteiger partial charge in [0.2, 0.25) is 0 Å². The number of fused-ring (bicyclic) bond motifs is 2. The molecule has 2 fully saturated rings. The van der Waals surface area contributed by atoms with Crippen LogP contribution in [0.1, 0.15) is 57.1 Å². The standard InChI is InChI=1S/C45H40N4/c1-30-23-33-24-31(2)27-45(26-30,28-33)39-20-17-35(18-21-39)40-22-19-38(25-41(40)34-9-5-3-6-10-34)44-48-42(36-11-7-4-8-12-36)47-43(49-44)37-15-13-32(29-46)14-16-37/h3-22,25,30-31,33H,23-24,26-28H2,1-2H3/t30-,31+,33-,45?. The second kappa shape index (κ2) is 12.9. The fourth-order valence-electron chi connectivity index (χ4n) is 8.90. The molecule has 6 aromatic rings. The highest BCUT2D eigenvalue weighted by Gasteiger charge is 2.45. The van der Waals surface area contributed by atoms with Gasteiger partial charge in [-0.2, -0.15) is 5.26 Å². The van der Waals surface area contributed by atoms with Crippen LogP contribution in [0, 0.1) is 29.1 Å². The molecule has 0 saturated heterocycles. The minimum atomic E-state index is 0.312. The van der Waals surface area contributed by atoms with Gasteiger partial charge in [-0.05, 0) is 113 Å². The lowest BCUT2D eigenvalue weighted by Crippen LogP contribution is -2.42. The summed E-state index contributed by atoms with van der Waals surface area (Å²) in [7, 11) is 0. The summed E-state index contributed by atoms with van der Waals surface area (Å²) in [5.41, 5.74) is 9.81. The smallest absolute Gasteiger partial charge is 0.164 e. The number of aromatic nitrogens is 3. The average molecular weight is 637 g/mol. The molecule has 0 spiro atoms. The molecule has 49 heavy (non-hydrogen) atoms. The Kier molecular flexibility index (Phi) is 8.14. The van der Waals surface area contributed by atoms with Crippen LogP contribution >= 0.6 is 0 Å². The molecule has 2 saturated carbocycles. The largest absolute Gasteiger partial charge is 0.208 e. The summed E-state index contributed by atoms with van der Waals surface area (Å²) in [5.74, 6) is 4.24. The van der Waals surface area contributed by atoms with Gasteiger partial charge in [0.05, 0.1) is 11.6 Å². The van der Waals surface area contributed by atoms with Crippen LogP contribution in [-0.4, -0.2) is 15.0 Å². The third kappa shape index (κ3) is 6.18. The van der Waals surface area contributed by atoms with Crippen LogP contribution < -0.4 is 0 Å². The minimum absolute atomic E-state index is 0.312. The van der Waals surface area contributed by atoms with Gasteiger partial charge >= 0.3 is 0 Å². The number of rotatable bonds is 6. The molecule has 2 aliphatic carbocycles. The van der Waals surface area contributed by atoms with E-state index >= 15 is 0 Å². The summed E-state index contributed by atoms with van der Waals surface area (Å²) in [4.78, 5) is 14.9. The summed E-state index contributed by atoms with van der Waals surface area (Å²) in [6.07, 6.45) is 6.73. The van der Waals surface area contributed by atoms with Crippen molar-refractivity contribution in [2.75, 3.05) is 0 Å². The average Bonchev–Trinajstić information content (AvgIpc) is 3.14. The van der Waals surface area contributed by atoms with E-state index in [1.165, 1.54) is 48.8 Å². The lowest BCUT2D eigenvalue weighted by molar-refractivity contribution is 0.0780. The number of nitrogens with zero attached hydrogens (tertiary/aromatic N) is 4. The first-order valence-corrected chi connectivity index (χ1v) is 17.6. The second-order valence-corrected chi connectivity index (χ2v) is 14.5. The van der Waals surface area contributed by atoms with Gasteiger partial charge in [-0.25, -0.2) is 15.0 Å². The third-order valence-electron chi connectivity index (χ3n) is 10.7. The Balaban J connectivity index is 1.22. The number of hydrogen-bond acceptors (Lipinski definition) is 4. The van der Waals surface area contributed by atoms with E-state index in [9.17, 15) is 5.26 Å². The van der Waals surface area contributed by atoms with Gasteiger partial charge in [0, 0.05) is 16.7 Å². The van der Waals surface area contributed by atoms with Crippen LogP contribution in [-0.2, 0) is 5.41 Å². The fraction of sp³-hybridized carbons (Fsp3) is 0.244. The van der Waals surface area contributed by atoms with Crippen LogP contribution in [0.3, 0.4) is 0 Å². The molecule has 0 radical (unpaired) electrons. The normalized spacial score (nSPS) is 21.5. The predicted octanol–water partition coefficient (Wildman–Crippen LogP) is 11.2. The van der Waals surface area contributed by atoms with E-state index in [4.69, 9.17) is 15.0 Å². The SMILES string of the molecule is C[C@@H]1C[C@@H]2C[C@H](C)CC(c3ccc(-c4ccc(-c5nc(-c6ccccc6)nc(-c6ccc(C#N)cc6)n5)cc4-c4ccccc4)cc3)(C1)C2. The Hall–Kier alpha value is -5.40. The zero-order chi connectivity index (χ0) is 33.4. The van der Waals surface area contributed by atoms with E-state index in [2.05, 4.69) is 92.7 Å². The van der Waals surface area contributed by atoms with Gasteiger partial charge in [-0.1, -0.05) is 111 Å². The molecule has 1 heterocycles. The highest BCUT2D eigenvalue weighted by molar-refractivity contribution is 5.86. The second-order valence-electron chi connectivity index (χ2n) is 14.5. The molecule has 2 aliphatic rings. The van der Waals surface area contributed by atoms with Crippen LogP contribution in [0.15, 0.2) is 127 Å². The lowest BCUT2D eigenvalue weighted by Gasteiger charge is -2.50. The highest BCUT2D eigenvalue weighted by atomic mass is 15.0. The third-order valence-corrected chi connectivity index (χ3v) is 10.7. The molecule has 2 bridgehead atoms.